The van der Waals surface area contributed by atoms with Crippen LogP contribution in [0.15, 0.2) is 24.3 Å². The lowest BCUT2D eigenvalue weighted by Crippen LogP contribution is -2.54. The number of nitrogens with zero attached hydrogens (tertiary/aromatic N) is 4. The van der Waals surface area contributed by atoms with E-state index in [1.165, 1.54) is 12.1 Å². The summed E-state index contributed by atoms with van der Waals surface area (Å²) in [5.41, 5.74) is 0.962. The van der Waals surface area contributed by atoms with E-state index in [4.69, 9.17) is 0 Å². The van der Waals surface area contributed by atoms with Crippen molar-refractivity contribution < 1.29 is 14.0 Å². The van der Waals surface area contributed by atoms with Gasteiger partial charge in [0.15, 0.2) is 0 Å². The molecule has 0 spiro atoms. The molecule has 2 bridgehead atoms. The summed E-state index contributed by atoms with van der Waals surface area (Å²) in [4.78, 5) is 32.1. The quantitative estimate of drug-likeness (QED) is 0.701. The number of nitriles is 1. The minimum Gasteiger partial charge on any atom is -0.330 e. The first-order valence-corrected chi connectivity index (χ1v) is 11.3. The van der Waals surface area contributed by atoms with Gasteiger partial charge in [0.05, 0.1) is 18.2 Å². The van der Waals surface area contributed by atoms with E-state index in [9.17, 15) is 19.2 Å². The highest BCUT2D eigenvalue weighted by Crippen LogP contribution is 2.41. The molecule has 3 heterocycles. The molecule has 3 aliphatic rings. The highest BCUT2D eigenvalue weighted by atomic mass is 19.1. The normalized spacial score (nSPS) is 27.7. The van der Waals surface area contributed by atoms with Gasteiger partial charge < -0.3 is 9.80 Å². The van der Waals surface area contributed by atoms with Gasteiger partial charge in [0.1, 0.15) is 11.9 Å². The molecule has 31 heavy (non-hydrogen) atoms. The van der Waals surface area contributed by atoms with Crippen molar-refractivity contribution in [3.05, 3.63) is 35.6 Å². The standard InChI is InChI=1S/C24H31FN4O2/c1-15(2)22(17-6-8-18(25)9-7-17)29-20-11-21(24(29)31)27(14-20)13-16(3)23(30)28-10-4-5-19(28)12-26/h6-9,15-16,19-22H,4-5,10-11,13-14H2,1-3H3/t16-,19-,20+,21+,22+/m0/s1. The summed E-state index contributed by atoms with van der Waals surface area (Å²) in [6, 6.07) is 8.21. The predicted molar refractivity (Wildman–Crippen MR) is 114 cm³/mol. The summed E-state index contributed by atoms with van der Waals surface area (Å²) in [6.07, 6.45) is 2.39. The second-order valence-corrected chi connectivity index (χ2v) is 9.56. The molecule has 166 valence electrons. The van der Waals surface area contributed by atoms with Gasteiger partial charge in [-0.25, -0.2) is 4.39 Å². The number of hydrogen-bond donors (Lipinski definition) is 0. The van der Waals surface area contributed by atoms with Gasteiger partial charge in [-0.3, -0.25) is 14.5 Å². The summed E-state index contributed by atoms with van der Waals surface area (Å²) >= 11 is 0. The summed E-state index contributed by atoms with van der Waals surface area (Å²) < 4.78 is 13.4. The smallest absolute Gasteiger partial charge is 0.240 e. The number of rotatable bonds is 6. The van der Waals surface area contributed by atoms with Crippen LogP contribution >= 0.6 is 0 Å². The highest BCUT2D eigenvalue weighted by molar-refractivity contribution is 5.86. The number of fused-ring (bicyclic) bond motifs is 2. The van der Waals surface area contributed by atoms with Gasteiger partial charge >= 0.3 is 0 Å². The van der Waals surface area contributed by atoms with Gasteiger partial charge in [-0.15, -0.1) is 0 Å². The monoisotopic (exact) mass is 426 g/mol. The summed E-state index contributed by atoms with van der Waals surface area (Å²) in [5.74, 6) is -0.187. The van der Waals surface area contributed by atoms with Gasteiger partial charge in [-0.05, 0) is 42.9 Å². The Morgan fingerprint density at radius 2 is 1.97 bits per heavy atom. The van der Waals surface area contributed by atoms with E-state index in [0.29, 0.717) is 13.1 Å². The van der Waals surface area contributed by atoms with E-state index in [1.807, 2.05) is 11.8 Å². The molecule has 7 heteroatoms. The van der Waals surface area contributed by atoms with E-state index in [-0.39, 0.29) is 53.6 Å². The molecule has 0 aliphatic carbocycles. The van der Waals surface area contributed by atoms with Gasteiger partial charge in [0.25, 0.3) is 0 Å². The molecule has 0 aromatic heterocycles. The Morgan fingerprint density at radius 3 is 2.58 bits per heavy atom. The molecule has 6 nitrogen and oxygen atoms in total. The number of piperazine rings is 1. The van der Waals surface area contributed by atoms with Crippen molar-refractivity contribution in [2.24, 2.45) is 11.8 Å². The minimum atomic E-state index is -0.315. The zero-order valence-corrected chi connectivity index (χ0v) is 18.5. The zero-order valence-electron chi connectivity index (χ0n) is 18.5. The third-order valence-electron chi connectivity index (χ3n) is 7.07. The Bertz CT molecular complexity index is 881. The molecule has 1 aromatic carbocycles. The average molecular weight is 427 g/mol. The van der Waals surface area contributed by atoms with Crippen LogP contribution in [0.4, 0.5) is 4.39 Å². The highest BCUT2D eigenvalue weighted by Gasteiger charge is 2.52. The lowest BCUT2D eigenvalue weighted by molar-refractivity contribution is -0.143. The van der Waals surface area contributed by atoms with Crippen LogP contribution in [0.2, 0.25) is 0 Å². The van der Waals surface area contributed by atoms with Crippen LogP contribution in [0.1, 0.15) is 51.6 Å². The molecule has 5 atom stereocenters. The van der Waals surface area contributed by atoms with E-state index < -0.39 is 0 Å². The van der Waals surface area contributed by atoms with Crippen molar-refractivity contribution in [3.63, 3.8) is 0 Å². The SMILES string of the molecule is CC(C)[C@H](c1ccc(F)cc1)N1C(=O)[C@H]2C[C@@H]1CN2C[C@H](C)C(=O)N1CCC[C@H]1C#N. The molecule has 0 unspecified atom stereocenters. The maximum atomic E-state index is 13.4. The van der Waals surface area contributed by atoms with E-state index in [0.717, 1.165) is 31.4 Å². The summed E-state index contributed by atoms with van der Waals surface area (Å²) in [7, 11) is 0. The molecular formula is C24H31FN4O2. The van der Waals surface area contributed by atoms with Crippen LogP contribution in [0.3, 0.4) is 0 Å². The largest absolute Gasteiger partial charge is 0.330 e. The first-order chi connectivity index (χ1) is 14.8. The van der Waals surface area contributed by atoms with Crippen molar-refractivity contribution in [2.45, 2.75) is 64.2 Å². The van der Waals surface area contributed by atoms with Gasteiger partial charge in [0.2, 0.25) is 11.8 Å². The fourth-order valence-corrected chi connectivity index (χ4v) is 5.66. The van der Waals surface area contributed by atoms with E-state index in [1.54, 1.807) is 17.0 Å². The Kier molecular flexibility index (Phi) is 6.02. The van der Waals surface area contributed by atoms with E-state index in [2.05, 4.69) is 24.8 Å². The summed E-state index contributed by atoms with van der Waals surface area (Å²) in [5, 5.41) is 9.28. The van der Waals surface area contributed by atoms with Crippen LogP contribution in [-0.4, -0.2) is 64.3 Å². The topological polar surface area (TPSA) is 67.7 Å². The number of benzene rings is 1. The van der Waals surface area contributed by atoms with Crippen molar-refractivity contribution >= 4 is 11.8 Å². The molecule has 3 fully saturated rings. The molecule has 2 amide bonds. The van der Waals surface area contributed by atoms with Gasteiger partial charge in [-0.2, -0.15) is 5.26 Å². The number of hydrogen-bond acceptors (Lipinski definition) is 4. The third-order valence-corrected chi connectivity index (χ3v) is 7.07. The van der Waals surface area contributed by atoms with Crippen molar-refractivity contribution in [1.82, 2.24) is 14.7 Å². The number of carbonyl (C=O) groups excluding carboxylic acids is 2. The van der Waals surface area contributed by atoms with Crippen LogP contribution < -0.4 is 0 Å². The lowest BCUT2D eigenvalue weighted by atomic mass is 9.93. The third kappa shape index (κ3) is 3.94. The number of likely N-dealkylation sites (tertiary alicyclic amines) is 3. The van der Waals surface area contributed by atoms with Crippen LogP contribution in [0, 0.1) is 29.0 Å². The Balaban J connectivity index is 1.44. The van der Waals surface area contributed by atoms with Crippen LogP contribution in [-0.2, 0) is 9.59 Å². The maximum absolute atomic E-state index is 13.4. The fourth-order valence-electron chi connectivity index (χ4n) is 5.66. The molecule has 0 radical (unpaired) electrons. The molecule has 0 saturated carbocycles. The first-order valence-electron chi connectivity index (χ1n) is 11.3. The summed E-state index contributed by atoms with van der Waals surface area (Å²) in [6.45, 7) is 8.02. The zero-order chi connectivity index (χ0) is 22.3. The molecule has 3 saturated heterocycles. The maximum Gasteiger partial charge on any atom is 0.240 e. The van der Waals surface area contributed by atoms with Crippen molar-refractivity contribution in [1.29, 1.82) is 5.26 Å². The number of carbonyl (C=O) groups is 2. The Morgan fingerprint density at radius 1 is 1.26 bits per heavy atom. The van der Waals surface area contributed by atoms with Gasteiger partial charge in [-0.1, -0.05) is 32.9 Å². The Labute approximate surface area is 183 Å². The van der Waals surface area contributed by atoms with Crippen LogP contribution in [0.5, 0.6) is 0 Å². The predicted octanol–water partition coefficient (Wildman–Crippen LogP) is 2.96. The van der Waals surface area contributed by atoms with Crippen molar-refractivity contribution in [2.75, 3.05) is 19.6 Å². The second-order valence-electron chi connectivity index (χ2n) is 9.56. The van der Waals surface area contributed by atoms with Gasteiger partial charge in [0, 0.05) is 31.6 Å². The van der Waals surface area contributed by atoms with Crippen LogP contribution in [0.25, 0.3) is 0 Å². The second kappa shape index (κ2) is 8.58. The number of halogens is 1. The molecule has 3 aliphatic heterocycles. The molecule has 1 aromatic rings. The fraction of sp³-hybridized carbons (Fsp3) is 0.625. The number of amides is 2. The lowest BCUT2D eigenvalue weighted by Gasteiger charge is -2.41. The Hall–Kier alpha value is -2.46. The van der Waals surface area contributed by atoms with Crippen molar-refractivity contribution in [3.8, 4) is 6.07 Å². The molecule has 4 rings (SSSR count). The first kappa shape index (κ1) is 21.8. The molecular weight excluding hydrogens is 395 g/mol. The minimum absolute atomic E-state index is 0.0162. The molecule has 0 N–H and O–H groups in total. The van der Waals surface area contributed by atoms with E-state index >= 15 is 0 Å². The average Bonchev–Trinajstić information content (AvgIpc) is 3.44.